The zero-order valence-electron chi connectivity index (χ0n) is 17.7. The molecule has 0 bridgehead atoms. The first kappa shape index (κ1) is 23.1. The molecule has 27 heavy (non-hydrogen) atoms. The van der Waals surface area contributed by atoms with Crippen molar-refractivity contribution in [1.82, 2.24) is 4.98 Å². The Hall–Kier alpha value is -1.94. The van der Waals surface area contributed by atoms with Crippen LogP contribution in [0.4, 0.5) is 0 Å². The lowest BCUT2D eigenvalue weighted by molar-refractivity contribution is -0.126. The average molecular weight is 374 g/mol. The van der Waals surface area contributed by atoms with E-state index < -0.39 is 0 Å². The number of carbonyl (C=O) groups excluding carboxylic acids is 1. The average Bonchev–Trinajstić information content (AvgIpc) is 3.50. The van der Waals surface area contributed by atoms with Crippen LogP contribution in [0, 0.1) is 17.8 Å². The van der Waals surface area contributed by atoms with E-state index in [2.05, 4.69) is 23.2 Å². The maximum Gasteiger partial charge on any atom is 0.213 e. The standard InChI is InChI=1S/C19H23NO3.2C2H6/c1-13(2)18(21)12-22-7-8-23-19-6-5-16(11-20-19)14-3-4-15-10-17(15)9-14;2*1-2/h3-6,9,11,13,15,17H,7-8,10,12H2,1-2H3;2*1-2H3. The molecule has 1 aromatic heterocycles. The number of allylic oxidation sites excluding steroid dienone is 4. The lowest BCUT2D eigenvalue weighted by Gasteiger charge is -2.09. The van der Waals surface area contributed by atoms with Gasteiger partial charge in [-0.2, -0.15) is 0 Å². The van der Waals surface area contributed by atoms with E-state index in [9.17, 15) is 4.79 Å². The van der Waals surface area contributed by atoms with Gasteiger partial charge in [-0.1, -0.05) is 59.8 Å². The van der Waals surface area contributed by atoms with Crippen LogP contribution in [0.2, 0.25) is 0 Å². The number of ketones is 1. The lowest BCUT2D eigenvalue weighted by Crippen LogP contribution is -2.17. The minimum Gasteiger partial charge on any atom is -0.475 e. The third-order valence-corrected chi connectivity index (χ3v) is 4.24. The predicted molar refractivity (Wildman–Crippen MR) is 112 cm³/mol. The summed E-state index contributed by atoms with van der Waals surface area (Å²) in [5.74, 6) is 2.21. The molecule has 0 spiro atoms. The van der Waals surface area contributed by atoms with E-state index in [-0.39, 0.29) is 18.3 Å². The van der Waals surface area contributed by atoms with Crippen molar-refractivity contribution in [2.45, 2.75) is 48.0 Å². The molecular formula is C23H35NO3. The van der Waals surface area contributed by atoms with Crippen molar-refractivity contribution in [2.75, 3.05) is 19.8 Å². The van der Waals surface area contributed by atoms with Gasteiger partial charge in [0.15, 0.2) is 5.78 Å². The highest BCUT2D eigenvalue weighted by Gasteiger charge is 2.35. The molecule has 0 saturated heterocycles. The third-order valence-electron chi connectivity index (χ3n) is 4.24. The number of rotatable bonds is 8. The molecule has 150 valence electrons. The van der Waals surface area contributed by atoms with Crippen molar-refractivity contribution in [3.8, 4) is 5.88 Å². The molecule has 1 saturated carbocycles. The molecule has 4 heteroatoms. The molecule has 2 unspecified atom stereocenters. The normalized spacial score (nSPS) is 19.0. The quantitative estimate of drug-likeness (QED) is 0.577. The number of aromatic nitrogens is 1. The van der Waals surface area contributed by atoms with Gasteiger partial charge in [0.05, 0.1) is 6.61 Å². The Morgan fingerprint density at radius 2 is 1.89 bits per heavy atom. The summed E-state index contributed by atoms with van der Waals surface area (Å²) < 4.78 is 10.8. The molecule has 0 aliphatic heterocycles. The molecule has 2 atom stereocenters. The van der Waals surface area contributed by atoms with E-state index in [1.165, 1.54) is 12.0 Å². The number of pyridine rings is 1. The van der Waals surface area contributed by atoms with Gasteiger partial charge in [-0.25, -0.2) is 4.98 Å². The summed E-state index contributed by atoms with van der Waals surface area (Å²) >= 11 is 0. The second-order valence-corrected chi connectivity index (χ2v) is 6.45. The van der Waals surface area contributed by atoms with Gasteiger partial charge < -0.3 is 9.47 Å². The molecule has 2 aliphatic carbocycles. The van der Waals surface area contributed by atoms with Gasteiger partial charge in [-0.15, -0.1) is 0 Å². The third kappa shape index (κ3) is 7.67. The molecule has 1 fully saturated rings. The van der Waals surface area contributed by atoms with Crippen molar-refractivity contribution in [3.05, 3.63) is 42.1 Å². The van der Waals surface area contributed by atoms with Crippen LogP contribution in [-0.4, -0.2) is 30.6 Å². The van der Waals surface area contributed by atoms with Gasteiger partial charge in [0.2, 0.25) is 5.88 Å². The zero-order valence-corrected chi connectivity index (χ0v) is 17.7. The second-order valence-electron chi connectivity index (χ2n) is 6.45. The summed E-state index contributed by atoms with van der Waals surface area (Å²) in [6, 6.07) is 3.91. The molecule has 3 rings (SSSR count). The molecular weight excluding hydrogens is 338 g/mol. The summed E-state index contributed by atoms with van der Waals surface area (Å²) in [5.41, 5.74) is 2.37. The van der Waals surface area contributed by atoms with Gasteiger partial charge in [0.25, 0.3) is 0 Å². The Balaban J connectivity index is 0.000000855. The van der Waals surface area contributed by atoms with Crippen LogP contribution in [0.1, 0.15) is 53.5 Å². The van der Waals surface area contributed by atoms with E-state index in [4.69, 9.17) is 9.47 Å². The fourth-order valence-electron chi connectivity index (χ4n) is 2.54. The van der Waals surface area contributed by atoms with E-state index in [0.717, 1.165) is 17.4 Å². The fourth-order valence-corrected chi connectivity index (χ4v) is 2.54. The van der Waals surface area contributed by atoms with Gasteiger partial charge in [0, 0.05) is 18.2 Å². The first-order chi connectivity index (χ1) is 13.1. The highest BCUT2D eigenvalue weighted by Crippen LogP contribution is 2.45. The summed E-state index contributed by atoms with van der Waals surface area (Å²) in [6.45, 7) is 12.7. The number of nitrogens with zero attached hydrogens (tertiary/aromatic N) is 1. The lowest BCUT2D eigenvalue weighted by atomic mass is 10.0. The topological polar surface area (TPSA) is 48.4 Å². The van der Waals surface area contributed by atoms with E-state index >= 15 is 0 Å². The Bertz CT molecular complexity index is 617. The van der Waals surface area contributed by atoms with E-state index in [1.54, 1.807) is 0 Å². The fraction of sp³-hybridized carbons (Fsp3) is 0.565. The van der Waals surface area contributed by atoms with Crippen LogP contribution in [-0.2, 0) is 9.53 Å². The SMILES string of the molecule is CC.CC.CC(C)C(=O)COCCOc1ccc(C2=CC3CC3C=C2)cn1. The smallest absolute Gasteiger partial charge is 0.213 e. The van der Waals surface area contributed by atoms with Gasteiger partial charge in [0.1, 0.15) is 13.2 Å². The molecule has 1 heterocycles. The summed E-state index contributed by atoms with van der Waals surface area (Å²) in [5, 5.41) is 0. The van der Waals surface area contributed by atoms with Crippen molar-refractivity contribution in [2.24, 2.45) is 17.8 Å². The maximum absolute atomic E-state index is 11.4. The highest BCUT2D eigenvalue weighted by atomic mass is 16.5. The Morgan fingerprint density at radius 3 is 2.48 bits per heavy atom. The van der Waals surface area contributed by atoms with Gasteiger partial charge >= 0.3 is 0 Å². The van der Waals surface area contributed by atoms with Crippen molar-refractivity contribution >= 4 is 11.4 Å². The Morgan fingerprint density at radius 1 is 1.15 bits per heavy atom. The number of hydrogen-bond donors (Lipinski definition) is 0. The van der Waals surface area contributed by atoms with Crippen molar-refractivity contribution < 1.29 is 14.3 Å². The van der Waals surface area contributed by atoms with E-state index in [1.807, 2.05) is 59.9 Å². The molecule has 0 N–H and O–H groups in total. The molecule has 0 aromatic carbocycles. The minimum absolute atomic E-state index is 0.0131. The van der Waals surface area contributed by atoms with Crippen LogP contribution in [0.25, 0.3) is 5.57 Å². The number of hydrogen-bond acceptors (Lipinski definition) is 4. The Labute approximate surface area is 164 Å². The number of ether oxygens (including phenoxy) is 2. The van der Waals surface area contributed by atoms with Crippen LogP contribution in [0.3, 0.4) is 0 Å². The molecule has 1 aromatic rings. The number of Topliss-reactive ketones (excluding diaryl/α,β-unsaturated/α-hetero) is 1. The van der Waals surface area contributed by atoms with Crippen LogP contribution in [0.5, 0.6) is 5.88 Å². The second kappa shape index (κ2) is 12.4. The molecule has 4 nitrogen and oxygen atoms in total. The first-order valence-corrected chi connectivity index (χ1v) is 10.2. The Kier molecular flexibility index (Phi) is 10.6. The van der Waals surface area contributed by atoms with Crippen molar-refractivity contribution in [1.29, 1.82) is 0 Å². The van der Waals surface area contributed by atoms with E-state index in [0.29, 0.717) is 19.1 Å². The molecule has 0 radical (unpaired) electrons. The monoisotopic (exact) mass is 373 g/mol. The maximum atomic E-state index is 11.4. The number of fused-ring (bicyclic) bond motifs is 1. The van der Waals surface area contributed by atoms with Gasteiger partial charge in [-0.05, 0) is 35.5 Å². The predicted octanol–water partition coefficient (Wildman–Crippen LogP) is 5.34. The summed E-state index contributed by atoms with van der Waals surface area (Å²) in [7, 11) is 0. The summed E-state index contributed by atoms with van der Waals surface area (Å²) in [4.78, 5) is 15.7. The van der Waals surface area contributed by atoms with Crippen LogP contribution >= 0.6 is 0 Å². The minimum atomic E-state index is 0.0131. The zero-order chi connectivity index (χ0) is 20.2. The first-order valence-electron chi connectivity index (χ1n) is 10.2. The summed E-state index contributed by atoms with van der Waals surface area (Å²) in [6.07, 6.45) is 9.94. The van der Waals surface area contributed by atoms with Crippen molar-refractivity contribution in [3.63, 3.8) is 0 Å². The molecule has 2 aliphatic rings. The van der Waals surface area contributed by atoms with Crippen LogP contribution < -0.4 is 4.74 Å². The molecule has 0 amide bonds. The largest absolute Gasteiger partial charge is 0.475 e. The van der Waals surface area contributed by atoms with Gasteiger partial charge in [-0.3, -0.25) is 4.79 Å². The van der Waals surface area contributed by atoms with Crippen LogP contribution in [0.15, 0.2) is 36.6 Å². The highest BCUT2D eigenvalue weighted by molar-refractivity contribution is 5.81. The number of carbonyl (C=O) groups is 1.